The number of rotatable bonds is 5. The van der Waals surface area contributed by atoms with Crippen molar-refractivity contribution in [3.8, 4) is 0 Å². The summed E-state index contributed by atoms with van der Waals surface area (Å²) < 4.78 is 3.07. The molecule has 1 atom stereocenters. The number of aromatic nitrogens is 2. The Balaban J connectivity index is 2.67. The molecule has 0 saturated carbocycles. The Hall–Kier alpha value is -0.350. The molecule has 1 aromatic rings. The van der Waals surface area contributed by atoms with Gasteiger partial charge in [0.05, 0.1) is 16.7 Å². The summed E-state index contributed by atoms with van der Waals surface area (Å²) in [6.07, 6.45) is 3.86. The van der Waals surface area contributed by atoms with Crippen molar-refractivity contribution in [2.75, 3.05) is 13.1 Å². The highest BCUT2D eigenvalue weighted by Gasteiger charge is 2.15. The molecular weight excluding hydrogens is 242 g/mol. The molecule has 0 aliphatic rings. The van der Waals surface area contributed by atoms with Crippen LogP contribution in [0.15, 0.2) is 16.9 Å². The fourth-order valence-corrected chi connectivity index (χ4v) is 1.72. The first-order valence-electron chi connectivity index (χ1n) is 5.05. The molecule has 1 rings (SSSR count). The number of likely N-dealkylation sites (N-methyl/N-ethyl adjacent to an activating group) is 1. The van der Waals surface area contributed by atoms with Crippen LogP contribution < -0.4 is 5.32 Å². The lowest BCUT2D eigenvalue weighted by Crippen LogP contribution is -2.29. The highest BCUT2D eigenvalue weighted by molar-refractivity contribution is 9.10. The highest BCUT2D eigenvalue weighted by atomic mass is 79.9. The SMILES string of the molecule is CCNCC(C(C)C)n1cc(Br)cn1. The molecule has 4 heteroatoms. The van der Waals surface area contributed by atoms with E-state index in [4.69, 9.17) is 0 Å². The standard InChI is InChI=1S/C10H18BrN3/c1-4-12-6-10(8(2)3)14-7-9(11)5-13-14/h5,7-8,10,12H,4,6H2,1-3H3. The van der Waals surface area contributed by atoms with Gasteiger partial charge < -0.3 is 5.32 Å². The van der Waals surface area contributed by atoms with E-state index in [0.717, 1.165) is 17.6 Å². The van der Waals surface area contributed by atoms with Crippen LogP contribution in [0.3, 0.4) is 0 Å². The number of halogens is 1. The van der Waals surface area contributed by atoms with E-state index in [-0.39, 0.29) is 0 Å². The van der Waals surface area contributed by atoms with Crippen LogP contribution in [0.1, 0.15) is 26.8 Å². The Morgan fingerprint density at radius 2 is 2.29 bits per heavy atom. The smallest absolute Gasteiger partial charge is 0.0666 e. The Morgan fingerprint density at radius 3 is 2.71 bits per heavy atom. The van der Waals surface area contributed by atoms with E-state index in [1.807, 2.05) is 17.1 Å². The van der Waals surface area contributed by atoms with Gasteiger partial charge in [-0.25, -0.2) is 0 Å². The largest absolute Gasteiger partial charge is 0.315 e. The van der Waals surface area contributed by atoms with Gasteiger partial charge in [0.25, 0.3) is 0 Å². The minimum atomic E-state index is 0.432. The average Bonchev–Trinajstić information content (AvgIpc) is 2.52. The van der Waals surface area contributed by atoms with E-state index < -0.39 is 0 Å². The molecule has 0 amide bonds. The van der Waals surface area contributed by atoms with Gasteiger partial charge in [0, 0.05) is 12.7 Å². The van der Waals surface area contributed by atoms with Crippen LogP contribution in [0, 0.1) is 5.92 Å². The van der Waals surface area contributed by atoms with E-state index in [2.05, 4.69) is 47.1 Å². The number of hydrogen-bond donors (Lipinski definition) is 1. The molecule has 0 aromatic carbocycles. The lowest BCUT2D eigenvalue weighted by Gasteiger charge is -2.21. The van der Waals surface area contributed by atoms with Crippen LogP contribution in [-0.4, -0.2) is 22.9 Å². The van der Waals surface area contributed by atoms with Crippen molar-refractivity contribution in [3.05, 3.63) is 16.9 Å². The zero-order valence-electron chi connectivity index (χ0n) is 9.00. The van der Waals surface area contributed by atoms with Crippen LogP contribution >= 0.6 is 15.9 Å². The molecule has 0 fully saturated rings. The second kappa shape index (κ2) is 5.51. The molecular formula is C10H18BrN3. The second-order valence-electron chi connectivity index (χ2n) is 3.76. The number of nitrogens with one attached hydrogen (secondary N) is 1. The Morgan fingerprint density at radius 1 is 1.57 bits per heavy atom. The summed E-state index contributed by atoms with van der Waals surface area (Å²) in [6, 6.07) is 0.432. The first-order valence-corrected chi connectivity index (χ1v) is 5.84. The fraction of sp³-hybridized carbons (Fsp3) is 0.700. The monoisotopic (exact) mass is 259 g/mol. The molecule has 80 valence electrons. The lowest BCUT2D eigenvalue weighted by atomic mass is 10.1. The van der Waals surface area contributed by atoms with Gasteiger partial charge in [-0.3, -0.25) is 4.68 Å². The topological polar surface area (TPSA) is 29.9 Å². The summed E-state index contributed by atoms with van der Waals surface area (Å²) in [4.78, 5) is 0. The summed E-state index contributed by atoms with van der Waals surface area (Å²) in [5.41, 5.74) is 0. The normalized spacial score (nSPS) is 13.5. The second-order valence-corrected chi connectivity index (χ2v) is 4.67. The maximum Gasteiger partial charge on any atom is 0.0666 e. The minimum Gasteiger partial charge on any atom is -0.315 e. The Bertz CT molecular complexity index is 270. The van der Waals surface area contributed by atoms with E-state index in [9.17, 15) is 0 Å². The molecule has 1 aromatic heterocycles. The van der Waals surface area contributed by atoms with Gasteiger partial charge in [-0.2, -0.15) is 5.10 Å². The van der Waals surface area contributed by atoms with Crippen LogP contribution in [0.5, 0.6) is 0 Å². The molecule has 3 nitrogen and oxygen atoms in total. The van der Waals surface area contributed by atoms with Crippen molar-refractivity contribution < 1.29 is 0 Å². The summed E-state index contributed by atoms with van der Waals surface area (Å²) >= 11 is 3.41. The van der Waals surface area contributed by atoms with Gasteiger partial charge in [0.2, 0.25) is 0 Å². The molecule has 0 aliphatic carbocycles. The molecule has 0 saturated heterocycles. The third-order valence-electron chi connectivity index (χ3n) is 2.28. The summed E-state index contributed by atoms with van der Waals surface area (Å²) in [5, 5.41) is 7.68. The van der Waals surface area contributed by atoms with Crippen molar-refractivity contribution in [1.82, 2.24) is 15.1 Å². The van der Waals surface area contributed by atoms with Crippen LogP contribution in [-0.2, 0) is 0 Å². The van der Waals surface area contributed by atoms with Gasteiger partial charge in [0.1, 0.15) is 0 Å². The van der Waals surface area contributed by atoms with E-state index >= 15 is 0 Å². The van der Waals surface area contributed by atoms with Crippen molar-refractivity contribution in [2.45, 2.75) is 26.8 Å². The van der Waals surface area contributed by atoms with Crippen molar-refractivity contribution in [3.63, 3.8) is 0 Å². The lowest BCUT2D eigenvalue weighted by molar-refractivity contribution is 0.332. The number of nitrogens with zero attached hydrogens (tertiary/aromatic N) is 2. The molecule has 0 aliphatic heterocycles. The Kier molecular flexibility index (Phi) is 4.62. The zero-order chi connectivity index (χ0) is 10.6. The molecule has 1 heterocycles. The summed E-state index contributed by atoms with van der Waals surface area (Å²) in [5.74, 6) is 0.584. The van der Waals surface area contributed by atoms with Gasteiger partial charge in [-0.05, 0) is 28.4 Å². The van der Waals surface area contributed by atoms with Gasteiger partial charge in [0.15, 0.2) is 0 Å². The highest BCUT2D eigenvalue weighted by Crippen LogP contribution is 2.18. The maximum atomic E-state index is 4.32. The summed E-state index contributed by atoms with van der Waals surface area (Å²) in [6.45, 7) is 8.54. The Labute approximate surface area is 94.0 Å². The van der Waals surface area contributed by atoms with E-state index in [1.165, 1.54) is 0 Å². The molecule has 1 N–H and O–H groups in total. The minimum absolute atomic E-state index is 0.432. The van der Waals surface area contributed by atoms with Crippen LogP contribution in [0.4, 0.5) is 0 Å². The van der Waals surface area contributed by atoms with Crippen molar-refractivity contribution >= 4 is 15.9 Å². The van der Waals surface area contributed by atoms with Gasteiger partial charge in [-0.15, -0.1) is 0 Å². The van der Waals surface area contributed by atoms with Crippen molar-refractivity contribution in [2.24, 2.45) is 5.92 Å². The molecule has 0 radical (unpaired) electrons. The number of hydrogen-bond acceptors (Lipinski definition) is 2. The molecule has 0 spiro atoms. The van der Waals surface area contributed by atoms with E-state index in [0.29, 0.717) is 12.0 Å². The molecule has 1 unspecified atom stereocenters. The first-order chi connectivity index (χ1) is 6.65. The summed E-state index contributed by atoms with van der Waals surface area (Å²) in [7, 11) is 0. The molecule has 0 bridgehead atoms. The third-order valence-corrected chi connectivity index (χ3v) is 2.69. The average molecular weight is 260 g/mol. The predicted molar refractivity (Wildman–Crippen MR) is 62.3 cm³/mol. The van der Waals surface area contributed by atoms with E-state index in [1.54, 1.807) is 0 Å². The zero-order valence-corrected chi connectivity index (χ0v) is 10.6. The fourth-order valence-electron chi connectivity index (χ4n) is 1.42. The first kappa shape index (κ1) is 11.7. The third kappa shape index (κ3) is 3.10. The van der Waals surface area contributed by atoms with Crippen molar-refractivity contribution in [1.29, 1.82) is 0 Å². The van der Waals surface area contributed by atoms with Gasteiger partial charge in [-0.1, -0.05) is 20.8 Å². The van der Waals surface area contributed by atoms with Crippen LogP contribution in [0.25, 0.3) is 0 Å². The predicted octanol–water partition coefficient (Wildman–Crippen LogP) is 2.45. The van der Waals surface area contributed by atoms with Crippen LogP contribution in [0.2, 0.25) is 0 Å². The maximum absolute atomic E-state index is 4.32. The molecule has 14 heavy (non-hydrogen) atoms. The van der Waals surface area contributed by atoms with Gasteiger partial charge >= 0.3 is 0 Å². The quantitative estimate of drug-likeness (QED) is 0.881.